The molecule has 1 fully saturated rings. The summed E-state index contributed by atoms with van der Waals surface area (Å²) in [6.45, 7) is 5.35. The molecule has 0 unspecified atom stereocenters. The summed E-state index contributed by atoms with van der Waals surface area (Å²) >= 11 is 1.89. The molecule has 27 heavy (non-hydrogen) atoms. The van der Waals surface area contributed by atoms with Gasteiger partial charge in [0.15, 0.2) is 5.96 Å². The molecule has 1 heterocycles. The molecule has 0 atom stereocenters. The number of unbranched alkanes of at least 4 members (excludes halogenated alkanes) is 1. The number of rotatable bonds is 9. The van der Waals surface area contributed by atoms with Crippen LogP contribution in [0.4, 0.5) is 5.69 Å². The summed E-state index contributed by atoms with van der Waals surface area (Å²) in [7, 11) is 0. The highest BCUT2D eigenvalue weighted by molar-refractivity contribution is 14.0. The molecule has 7 heteroatoms. The molecular weight excluding hydrogens is 471 g/mol. The summed E-state index contributed by atoms with van der Waals surface area (Å²) in [5, 5.41) is 6.69. The summed E-state index contributed by atoms with van der Waals surface area (Å²) in [6, 6.07) is 8.22. The minimum Gasteiger partial charge on any atom is -0.357 e. The highest BCUT2D eigenvalue weighted by atomic mass is 127. The number of carbonyl (C=O) groups is 1. The topological polar surface area (TPSA) is 56.7 Å². The molecule has 2 N–H and O–H groups in total. The van der Waals surface area contributed by atoms with Crippen molar-refractivity contribution in [2.75, 3.05) is 36.5 Å². The summed E-state index contributed by atoms with van der Waals surface area (Å²) in [6.07, 6.45) is 7.30. The first-order valence-electron chi connectivity index (χ1n) is 9.65. The third-order valence-corrected chi connectivity index (χ3v) is 5.10. The number of nitrogens with one attached hydrogen (secondary N) is 2. The molecule has 1 aromatic carbocycles. The van der Waals surface area contributed by atoms with Gasteiger partial charge in [-0.25, -0.2) is 4.99 Å². The number of aliphatic imine (C=N–C) groups is 1. The lowest BCUT2D eigenvalue weighted by molar-refractivity contribution is -0.119. The second-order valence-corrected chi connectivity index (χ2v) is 7.48. The van der Waals surface area contributed by atoms with Crippen molar-refractivity contribution in [3.8, 4) is 0 Å². The molecule has 0 aromatic heterocycles. The standard InChI is InChI=1S/C20H32N4OS.HI/c1-3-21-20(22-13-5-7-15-26-2)23-16-17-9-11-18(12-10-17)24-14-6-4-8-19(24)25;/h9-12H,3-8,13-16H2,1-2H3,(H2,21,22,23);1H. The van der Waals surface area contributed by atoms with Crippen LogP contribution in [-0.4, -0.2) is 43.5 Å². The summed E-state index contributed by atoms with van der Waals surface area (Å²) in [4.78, 5) is 18.6. The third kappa shape index (κ3) is 8.72. The summed E-state index contributed by atoms with van der Waals surface area (Å²) in [5.41, 5.74) is 2.15. The Kier molecular flexibility index (Phi) is 12.6. The molecule has 2 rings (SSSR count). The molecule has 1 amide bonds. The number of guanidine groups is 1. The maximum atomic E-state index is 12.0. The second-order valence-electron chi connectivity index (χ2n) is 6.49. The van der Waals surface area contributed by atoms with Crippen LogP contribution >= 0.6 is 35.7 Å². The largest absolute Gasteiger partial charge is 0.357 e. The van der Waals surface area contributed by atoms with Crippen LogP contribution in [0.2, 0.25) is 0 Å². The number of benzene rings is 1. The van der Waals surface area contributed by atoms with Gasteiger partial charge in [0.2, 0.25) is 5.91 Å². The molecular formula is C20H33IN4OS. The molecule has 1 saturated heterocycles. The smallest absolute Gasteiger partial charge is 0.226 e. The van der Waals surface area contributed by atoms with Gasteiger partial charge < -0.3 is 15.5 Å². The Hall–Kier alpha value is -0.960. The first-order valence-corrected chi connectivity index (χ1v) is 11.0. The van der Waals surface area contributed by atoms with E-state index in [-0.39, 0.29) is 29.9 Å². The van der Waals surface area contributed by atoms with E-state index in [9.17, 15) is 4.79 Å². The fourth-order valence-electron chi connectivity index (χ4n) is 2.95. The zero-order valence-corrected chi connectivity index (χ0v) is 19.6. The average Bonchev–Trinajstić information content (AvgIpc) is 2.67. The first kappa shape index (κ1) is 24.1. The number of amides is 1. The molecule has 1 aliphatic rings. The molecule has 0 radical (unpaired) electrons. The Morgan fingerprint density at radius 1 is 1.19 bits per heavy atom. The Labute approximate surface area is 185 Å². The first-order chi connectivity index (χ1) is 12.7. The molecule has 1 aromatic rings. The van der Waals surface area contributed by atoms with E-state index < -0.39 is 0 Å². The Balaban J connectivity index is 0.00000364. The highest BCUT2D eigenvalue weighted by Gasteiger charge is 2.19. The fraction of sp³-hybridized carbons (Fsp3) is 0.600. The van der Waals surface area contributed by atoms with Gasteiger partial charge in [-0.05, 0) is 62.3 Å². The maximum Gasteiger partial charge on any atom is 0.226 e. The number of carbonyl (C=O) groups excluding carboxylic acids is 1. The van der Waals surface area contributed by atoms with Crippen molar-refractivity contribution in [3.63, 3.8) is 0 Å². The van der Waals surface area contributed by atoms with Crippen molar-refractivity contribution in [1.29, 1.82) is 0 Å². The van der Waals surface area contributed by atoms with Gasteiger partial charge in [0.05, 0.1) is 6.54 Å². The van der Waals surface area contributed by atoms with E-state index in [1.54, 1.807) is 0 Å². The van der Waals surface area contributed by atoms with Gasteiger partial charge in [-0.2, -0.15) is 11.8 Å². The zero-order chi connectivity index (χ0) is 18.6. The van der Waals surface area contributed by atoms with Crippen LogP contribution in [0, 0.1) is 0 Å². The Bertz CT molecular complexity index is 580. The molecule has 5 nitrogen and oxygen atoms in total. The number of halogens is 1. The van der Waals surface area contributed by atoms with Crippen LogP contribution in [0.25, 0.3) is 0 Å². The van der Waals surface area contributed by atoms with Gasteiger partial charge in [-0.15, -0.1) is 24.0 Å². The minimum absolute atomic E-state index is 0. The quantitative estimate of drug-likeness (QED) is 0.231. The number of thioether (sulfide) groups is 1. The van der Waals surface area contributed by atoms with E-state index in [4.69, 9.17) is 0 Å². The van der Waals surface area contributed by atoms with Crippen molar-refractivity contribution in [3.05, 3.63) is 29.8 Å². The third-order valence-electron chi connectivity index (χ3n) is 4.40. The lowest BCUT2D eigenvalue weighted by Crippen LogP contribution is -2.37. The van der Waals surface area contributed by atoms with E-state index in [1.165, 1.54) is 12.2 Å². The predicted octanol–water partition coefficient (Wildman–Crippen LogP) is 4.02. The molecule has 0 spiro atoms. The van der Waals surface area contributed by atoms with Crippen LogP contribution in [-0.2, 0) is 11.3 Å². The normalized spacial score (nSPS) is 14.7. The van der Waals surface area contributed by atoms with Crippen LogP contribution in [0.3, 0.4) is 0 Å². The second kappa shape index (κ2) is 14.1. The van der Waals surface area contributed by atoms with Crippen molar-refractivity contribution in [1.82, 2.24) is 10.6 Å². The van der Waals surface area contributed by atoms with Gasteiger partial charge in [-0.1, -0.05) is 12.1 Å². The maximum absolute atomic E-state index is 12.0. The zero-order valence-electron chi connectivity index (χ0n) is 16.5. The molecule has 152 valence electrons. The van der Waals surface area contributed by atoms with Crippen LogP contribution in [0.5, 0.6) is 0 Å². The SMILES string of the molecule is CCNC(=NCc1ccc(N2CCCCC2=O)cc1)NCCCCSC.I. The molecule has 0 saturated carbocycles. The van der Waals surface area contributed by atoms with E-state index in [0.717, 1.165) is 56.1 Å². The lowest BCUT2D eigenvalue weighted by atomic mass is 10.1. The monoisotopic (exact) mass is 504 g/mol. The number of anilines is 1. The number of hydrogen-bond acceptors (Lipinski definition) is 3. The molecule has 0 aliphatic carbocycles. The molecule has 0 bridgehead atoms. The number of nitrogens with zero attached hydrogens (tertiary/aromatic N) is 2. The fourth-order valence-corrected chi connectivity index (χ4v) is 3.44. The Morgan fingerprint density at radius 2 is 1.96 bits per heavy atom. The summed E-state index contributed by atoms with van der Waals surface area (Å²) < 4.78 is 0. The minimum atomic E-state index is 0. The molecule has 1 aliphatic heterocycles. The van der Waals surface area contributed by atoms with E-state index in [1.807, 2.05) is 28.8 Å². The highest BCUT2D eigenvalue weighted by Crippen LogP contribution is 2.21. The van der Waals surface area contributed by atoms with Crippen LogP contribution in [0.15, 0.2) is 29.3 Å². The number of hydrogen-bond donors (Lipinski definition) is 2. The average molecular weight is 504 g/mol. The Morgan fingerprint density at radius 3 is 2.63 bits per heavy atom. The van der Waals surface area contributed by atoms with Crippen molar-refractivity contribution >= 4 is 53.3 Å². The van der Waals surface area contributed by atoms with Crippen molar-refractivity contribution in [2.45, 2.75) is 45.6 Å². The van der Waals surface area contributed by atoms with Gasteiger partial charge >= 0.3 is 0 Å². The number of piperidine rings is 1. The van der Waals surface area contributed by atoms with Crippen molar-refractivity contribution in [2.24, 2.45) is 4.99 Å². The predicted molar refractivity (Wildman–Crippen MR) is 128 cm³/mol. The van der Waals surface area contributed by atoms with Gasteiger partial charge in [-0.3, -0.25) is 4.79 Å². The van der Waals surface area contributed by atoms with E-state index in [2.05, 4.69) is 40.9 Å². The van der Waals surface area contributed by atoms with Gasteiger partial charge in [0.1, 0.15) is 0 Å². The van der Waals surface area contributed by atoms with Crippen LogP contribution in [0.1, 0.15) is 44.6 Å². The van der Waals surface area contributed by atoms with Crippen molar-refractivity contribution < 1.29 is 4.79 Å². The van der Waals surface area contributed by atoms with E-state index >= 15 is 0 Å². The summed E-state index contributed by atoms with van der Waals surface area (Å²) in [5.74, 6) is 2.32. The van der Waals surface area contributed by atoms with Gasteiger partial charge in [0.25, 0.3) is 0 Å². The van der Waals surface area contributed by atoms with Gasteiger partial charge in [0, 0.05) is 31.7 Å². The lowest BCUT2D eigenvalue weighted by Gasteiger charge is -2.26. The van der Waals surface area contributed by atoms with E-state index in [0.29, 0.717) is 13.0 Å². The van der Waals surface area contributed by atoms with Crippen LogP contribution < -0.4 is 15.5 Å².